The molecule has 0 unspecified atom stereocenters. The van der Waals surface area contributed by atoms with Crippen LogP contribution < -0.4 is 0 Å². The van der Waals surface area contributed by atoms with Gasteiger partial charge in [-0.15, -0.1) is 0 Å². The molecule has 30 heavy (non-hydrogen) atoms. The van der Waals surface area contributed by atoms with E-state index in [1.807, 2.05) is 0 Å². The molecule has 0 fully saturated rings. The molecule has 0 amide bonds. The van der Waals surface area contributed by atoms with Crippen molar-refractivity contribution < 1.29 is 21.7 Å². The molecule has 0 saturated carbocycles. The summed E-state index contributed by atoms with van der Waals surface area (Å²) in [5.41, 5.74) is 1.43. The van der Waals surface area contributed by atoms with Crippen molar-refractivity contribution in [3.63, 3.8) is 0 Å². The first-order valence-electron chi connectivity index (χ1n) is 11.2. The molecule has 0 aliphatic carbocycles. The van der Waals surface area contributed by atoms with Gasteiger partial charge in [0, 0.05) is 6.42 Å². The van der Waals surface area contributed by atoms with Gasteiger partial charge in [0.25, 0.3) is 0 Å². The lowest BCUT2D eigenvalue weighted by Crippen LogP contribution is -2.28. The summed E-state index contributed by atoms with van der Waals surface area (Å²) >= 11 is 0. The summed E-state index contributed by atoms with van der Waals surface area (Å²) < 4.78 is 33.5. The predicted octanol–water partition coefficient (Wildman–Crippen LogP) is 4.56. The molecule has 1 aromatic carbocycles. The molecular formula is C23H40N2O4S. The molecule has 0 bridgehead atoms. The quantitative estimate of drug-likeness (QED) is 0.195. The van der Waals surface area contributed by atoms with E-state index in [0.717, 1.165) is 13.7 Å². The van der Waals surface area contributed by atoms with Crippen molar-refractivity contribution in [2.75, 3.05) is 27.2 Å². The average molecular weight is 441 g/mol. The minimum atomic E-state index is -4.41. The van der Waals surface area contributed by atoms with Crippen molar-refractivity contribution in [3.05, 3.63) is 35.9 Å². The number of nitrogens with zero attached hydrogens (tertiary/aromatic N) is 2. The number of unbranched alkanes of at least 4 members (excludes halogenated alkanes) is 8. The van der Waals surface area contributed by atoms with E-state index in [1.54, 1.807) is 5.84 Å². The second-order valence-electron chi connectivity index (χ2n) is 7.90. The van der Waals surface area contributed by atoms with Crippen LogP contribution in [0.25, 0.3) is 0 Å². The van der Waals surface area contributed by atoms with Gasteiger partial charge in [0.2, 0.25) is 16.2 Å². The fraction of sp³-hybridized carbons (Fsp3) is 0.696. The molecule has 0 aromatic heterocycles. The van der Waals surface area contributed by atoms with E-state index in [0.29, 0.717) is 0 Å². The highest BCUT2D eigenvalue weighted by molar-refractivity contribution is 7.80. The van der Waals surface area contributed by atoms with Crippen LogP contribution in [0.5, 0.6) is 0 Å². The van der Waals surface area contributed by atoms with Gasteiger partial charge in [-0.3, -0.25) is 13.7 Å². The Morgan fingerprint density at radius 3 is 2.07 bits per heavy atom. The number of likely N-dealkylation sites (N-methyl/N-ethyl adjacent to an activating group) is 1. The van der Waals surface area contributed by atoms with Crippen LogP contribution in [0.3, 0.4) is 0 Å². The van der Waals surface area contributed by atoms with Crippen LogP contribution >= 0.6 is 0 Å². The summed E-state index contributed by atoms with van der Waals surface area (Å²) in [6, 6.07) is 10.9. The highest BCUT2D eigenvalue weighted by Gasteiger charge is 2.27. The molecule has 1 aromatic rings. The third-order valence-corrected chi connectivity index (χ3v) is 5.84. The first-order valence-corrected chi connectivity index (χ1v) is 12.6. The van der Waals surface area contributed by atoms with Gasteiger partial charge in [-0.2, -0.15) is 0 Å². The van der Waals surface area contributed by atoms with Crippen LogP contribution in [0.15, 0.2) is 30.3 Å². The van der Waals surface area contributed by atoms with Crippen LogP contribution in [0.1, 0.15) is 76.7 Å². The third kappa shape index (κ3) is 12.3. The summed E-state index contributed by atoms with van der Waals surface area (Å²) in [6.45, 7) is 5.72. The van der Waals surface area contributed by atoms with E-state index in [1.165, 1.54) is 82.9 Å². The van der Waals surface area contributed by atoms with E-state index in [-0.39, 0.29) is 0 Å². The normalized spacial score (nSPS) is 14.1. The maximum absolute atomic E-state index is 9.22. The zero-order valence-corrected chi connectivity index (χ0v) is 19.8. The van der Waals surface area contributed by atoms with Crippen LogP contribution in [-0.2, 0) is 21.1 Å². The highest BCUT2D eigenvalue weighted by Crippen LogP contribution is 2.15. The minimum absolute atomic E-state index is 0.808. The van der Waals surface area contributed by atoms with E-state index in [9.17, 15) is 13.0 Å². The summed E-state index contributed by atoms with van der Waals surface area (Å²) in [5.74, 6) is 1.56. The second-order valence-corrected chi connectivity index (χ2v) is 9.05. The van der Waals surface area contributed by atoms with Crippen molar-refractivity contribution >= 4 is 16.2 Å². The fourth-order valence-electron chi connectivity index (χ4n) is 3.69. The number of benzene rings is 1. The standard InChI is InChI=1S/C22H37N2.CH4O4S/c1-3-4-5-6-7-8-9-10-14-17-22-23(2)18-19-24(22)20-21-15-12-11-13-16-21;1-5-6(2,3)4/h11-13,15-16H,3-10,14,17-20H2,1-2H3;1H3,(H,2,3,4)/q+1;/p-1. The fourth-order valence-corrected chi connectivity index (χ4v) is 3.69. The SMILES string of the molecule is CCCCCCCCCCCC1=[N+](C)CCN1Cc1ccccc1.COS(=O)(=O)[O-]. The molecular weight excluding hydrogens is 400 g/mol. The first kappa shape index (κ1) is 26.6. The predicted molar refractivity (Wildman–Crippen MR) is 121 cm³/mol. The van der Waals surface area contributed by atoms with Crippen molar-refractivity contribution in [1.29, 1.82) is 0 Å². The molecule has 0 N–H and O–H groups in total. The van der Waals surface area contributed by atoms with Crippen molar-refractivity contribution in [2.45, 2.75) is 77.7 Å². The Hall–Kier alpha value is -1.44. The zero-order valence-electron chi connectivity index (χ0n) is 19.0. The first-order chi connectivity index (χ1) is 14.4. The Morgan fingerprint density at radius 1 is 1.00 bits per heavy atom. The molecule has 1 heterocycles. The lowest BCUT2D eigenvalue weighted by atomic mass is 10.1. The van der Waals surface area contributed by atoms with E-state index >= 15 is 0 Å². The van der Waals surface area contributed by atoms with Gasteiger partial charge in [-0.05, 0) is 12.0 Å². The molecule has 0 radical (unpaired) electrons. The van der Waals surface area contributed by atoms with E-state index in [2.05, 4.69) is 58.0 Å². The maximum atomic E-state index is 9.22. The Labute approximate surface area is 183 Å². The van der Waals surface area contributed by atoms with Crippen LogP contribution in [-0.4, -0.2) is 55.5 Å². The van der Waals surface area contributed by atoms with Crippen molar-refractivity contribution in [1.82, 2.24) is 4.90 Å². The summed E-state index contributed by atoms with van der Waals surface area (Å²) in [4.78, 5) is 2.58. The van der Waals surface area contributed by atoms with Gasteiger partial charge in [0.05, 0.1) is 14.2 Å². The zero-order chi connectivity index (χ0) is 22.2. The topological polar surface area (TPSA) is 72.7 Å². The summed E-state index contributed by atoms with van der Waals surface area (Å²) in [5, 5.41) is 0. The number of rotatable bonds is 13. The monoisotopic (exact) mass is 440 g/mol. The second kappa shape index (κ2) is 15.4. The molecule has 0 atom stereocenters. The molecule has 7 heteroatoms. The largest absolute Gasteiger partial charge is 0.726 e. The summed E-state index contributed by atoms with van der Waals surface area (Å²) in [6.07, 6.45) is 13.9. The number of amidine groups is 1. The Bertz CT molecular complexity index is 705. The Morgan fingerprint density at radius 2 is 1.53 bits per heavy atom. The summed E-state index contributed by atoms with van der Waals surface area (Å²) in [7, 11) is -1.35. The van der Waals surface area contributed by atoms with Crippen LogP contribution in [0, 0.1) is 0 Å². The van der Waals surface area contributed by atoms with Gasteiger partial charge in [0.1, 0.15) is 19.6 Å². The lowest BCUT2D eigenvalue weighted by molar-refractivity contribution is -0.487. The molecule has 0 saturated heterocycles. The van der Waals surface area contributed by atoms with Gasteiger partial charge < -0.3 is 4.55 Å². The third-order valence-electron chi connectivity index (χ3n) is 5.44. The molecule has 1 aliphatic rings. The van der Waals surface area contributed by atoms with Crippen LogP contribution in [0.2, 0.25) is 0 Å². The van der Waals surface area contributed by atoms with Gasteiger partial charge >= 0.3 is 0 Å². The number of hydrogen-bond acceptors (Lipinski definition) is 5. The lowest BCUT2D eigenvalue weighted by Gasteiger charge is -2.13. The Balaban J connectivity index is 0.000000656. The average Bonchev–Trinajstić information content (AvgIpc) is 3.07. The maximum Gasteiger partial charge on any atom is 0.247 e. The van der Waals surface area contributed by atoms with E-state index in [4.69, 9.17) is 0 Å². The van der Waals surface area contributed by atoms with Crippen molar-refractivity contribution in [2.24, 2.45) is 0 Å². The molecule has 1 aliphatic heterocycles. The molecule has 172 valence electrons. The highest BCUT2D eigenvalue weighted by atomic mass is 32.3. The number of hydrogen-bond donors (Lipinski definition) is 0. The molecule has 2 rings (SSSR count). The Kier molecular flexibility index (Phi) is 13.6. The van der Waals surface area contributed by atoms with Gasteiger partial charge in [0.15, 0.2) is 0 Å². The molecule has 6 nitrogen and oxygen atoms in total. The van der Waals surface area contributed by atoms with Crippen molar-refractivity contribution in [3.8, 4) is 0 Å². The molecule has 0 spiro atoms. The smallest absolute Gasteiger partial charge is 0.247 e. The van der Waals surface area contributed by atoms with Gasteiger partial charge in [-0.1, -0.05) is 88.6 Å². The van der Waals surface area contributed by atoms with Gasteiger partial charge in [-0.25, -0.2) is 8.42 Å². The van der Waals surface area contributed by atoms with Crippen LogP contribution in [0.4, 0.5) is 0 Å². The minimum Gasteiger partial charge on any atom is -0.726 e. The van der Waals surface area contributed by atoms with E-state index < -0.39 is 10.4 Å².